The zero-order valence-electron chi connectivity index (χ0n) is 18.6. The van der Waals surface area contributed by atoms with E-state index < -0.39 is 10.0 Å². The number of rotatable bonds is 4. The van der Waals surface area contributed by atoms with Gasteiger partial charge in [0.15, 0.2) is 17.3 Å². The molecule has 0 saturated carbocycles. The second kappa shape index (κ2) is 8.70. The van der Waals surface area contributed by atoms with E-state index in [1.165, 1.54) is 0 Å². The van der Waals surface area contributed by atoms with Gasteiger partial charge in [0, 0.05) is 31.7 Å². The topological polar surface area (TPSA) is 88.5 Å². The number of ether oxygens (including phenoxy) is 2. The molecule has 0 unspecified atom stereocenters. The molecule has 3 heterocycles. The van der Waals surface area contributed by atoms with Crippen LogP contribution in [0.2, 0.25) is 0 Å². The number of amides is 1. The van der Waals surface area contributed by atoms with E-state index in [2.05, 4.69) is 4.40 Å². The number of sulfonamides is 1. The van der Waals surface area contributed by atoms with E-state index in [1.54, 1.807) is 18.2 Å². The van der Waals surface area contributed by atoms with Crippen molar-refractivity contribution in [1.82, 2.24) is 9.80 Å². The summed E-state index contributed by atoms with van der Waals surface area (Å²) < 4.78 is 40.3. The van der Waals surface area contributed by atoms with E-state index in [1.807, 2.05) is 41.0 Å². The predicted molar refractivity (Wildman–Crippen MR) is 123 cm³/mol. The molecule has 2 aromatic carbocycles. The number of fused-ring (bicyclic) bond motifs is 2. The van der Waals surface area contributed by atoms with Gasteiger partial charge < -0.3 is 19.3 Å². The minimum absolute atomic E-state index is 0.0758. The number of nitrogens with zero attached hydrogens (tertiary/aromatic N) is 3. The van der Waals surface area contributed by atoms with E-state index >= 15 is 0 Å². The third kappa shape index (κ3) is 4.17. The van der Waals surface area contributed by atoms with Gasteiger partial charge in [-0.1, -0.05) is 18.2 Å². The highest BCUT2D eigenvalue weighted by Crippen LogP contribution is 2.32. The van der Waals surface area contributed by atoms with Gasteiger partial charge in [0.25, 0.3) is 10.0 Å². The van der Waals surface area contributed by atoms with Gasteiger partial charge in [0.05, 0.1) is 5.92 Å². The summed E-state index contributed by atoms with van der Waals surface area (Å²) in [5, 5.41) is 0. The number of likely N-dealkylation sites (tertiary alicyclic amines) is 1. The Labute approximate surface area is 193 Å². The molecule has 0 bridgehead atoms. The molecule has 1 atom stereocenters. The van der Waals surface area contributed by atoms with Crippen molar-refractivity contribution in [3.63, 3.8) is 0 Å². The van der Waals surface area contributed by atoms with Crippen LogP contribution < -0.4 is 9.47 Å². The van der Waals surface area contributed by atoms with Gasteiger partial charge in [-0.15, -0.1) is 4.40 Å². The SMILES string of the molecule is CCN(Cc1ccc2c(c1)OCCO2)C(=O)[C@H]1CCCN(C2=NS(=O)(=O)c3ccccc32)C1. The molecule has 0 aliphatic carbocycles. The van der Waals surface area contributed by atoms with Crippen LogP contribution in [0.4, 0.5) is 0 Å². The molecule has 0 N–H and O–H groups in total. The summed E-state index contributed by atoms with van der Waals surface area (Å²) in [5.74, 6) is 1.76. The van der Waals surface area contributed by atoms with Crippen molar-refractivity contribution >= 4 is 21.8 Å². The van der Waals surface area contributed by atoms with Gasteiger partial charge in [0.1, 0.15) is 18.1 Å². The Hall–Kier alpha value is -3.07. The number of carbonyl (C=O) groups is 1. The molecule has 3 aliphatic rings. The fourth-order valence-electron chi connectivity index (χ4n) is 4.70. The zero-order chi connectivity index (χ0) is 23.0. The molecule has 0 aromatic heterocycles. The number of hydrogen-bond donors (Lipinski definition) is 0. The minimum Gasteiger partial charge on any atom is -0.486 e. The molecular weight excluding hydrogens is 442 g/mol. The van der Waals surface area contributed by atoms with Gasteiger partial charge in [-0.25, -0.2) is 0 Å². The highest BCUT2D eigenvalue weighted by molar-refractivity contribution is 7.90. The fraction of sp³-hybridized carbons (Fsp3) is 0.417. The lowest BCUT2D eigenvalue weighted by Crippen LogP contribution is -2.46. The summed E-state index contributed by atoms with van der Waals surface area (Å²) in [6, 6.07) is 12.7. The summed E-state index contributed by atoms with van der Waals surface area (Å²) in [7, 11) is -3.68. The van der Waals surface area contributed by atoms with Gasteiger partial charge in [0.2, 0.25) is 5.91 Å². The molecule has 5 rings (SSSR count). The highest BCUT2D eigenvalue weighted by Gasteiger charge is 2.36. The zero-order valence-corrected chi connectivity index (χ0v) is 19.4. The molecule has 1 amide bonds. The highest BCUT2D eigenvalue weighted by atomic mass is 32.2. The Bertz CT molecular complexity index is 1210. The van der Waals surface area contributed by atoms with E-state index in [4.69, 9.17) is 9.47 Å². The standard InChI is InChI=1S/C24H27N3O5S/c1-2-26(15-17-9-10-20-21(14-17)32-13-12-31-20)24(28)18-6-5-11-27(16-18)23-19-7-3-4-8-22(19)33(29,30)25-23/h3-4,7-10,14,18H,2,5-6,11-13,15-16H2,1H3/t18-/m0/s1. The van der Waals surface area contributed by atoms with Crippen LogP contribution in [0, 0.1) is 5.92 Å². The monoisotopic (exact) mass is 469 g/mol. The van der Waals surface area contributed by atoms with Crippen LogP contribution in [0.15, 0.2) is 51.8 Å². The van der Waals surface area contributed by atoms with Crippen molar-refractivity contribution in [1.29, 1.82) is 0 Å². The summed E-state index contributed by atoms with van der Waals surface area (Å²) in [6.45, 7) is 5.25. The average Bonchev–Trinajstić information content (AvgIpc) is 3.13. The average molecular weight is 470 g/mol. The van der Waals surface area contributed by atoms with Crippen LogP contribution in [-0.4, -0.2) is 62.8 Å². The van der Waals surface area contributed by atoms with Crippen molar-refractivity contribution in [2.45, 2.75) is 31.2 Å². The van der Waals surface area contributed by atoms with E-state index in [9.17, 15) is 13.2 Å². The van der Waals surface area contributed by atoms with Gasteiger partial charge in [-0.2, -0.15) is 8.42 Å². The first kappa shape index (κ1) is 21.8. The Morgan fingerprint density at radius 3 is 2.76 bits per heavy atom. The van der Waals surface area contributed by atoms with Crippen LogP contribution in [0.25, 0.3) is 0 Å². The fourth-order valence-corrected chi connectivity index (χ4v) is 5.93. The smallest absolute Gasteiger partial charge is 0.285 e. The third-order valence-corrected chi connectivity index (χ3v) is 7.68. The molecule has 174 valence electrons. The molecule has 1 saturated heterocycles. The lowest BCUT2D eigenvalue weighted by Gasteiger charge is -2.36. The largest absolute Gasteiger partial charge is 0.486 e. The summed E-state index contributed by atoms with van der Waals surface area (Å²) in [4.78, 5) is 17.5. The van der Waals surface area contributed by atoms with Crippen LogP contribution in [0.5, 0.6) is 11.5 Å². The van der Waals surface area contributed by atoms with Crippen molar-refractivity contribution in [2.24, 2.45) is 10.3 Å². The Kier molecular flexibility index (Phi) is 5.74. The molecule has 1 fully saturated rings. The van der Waals surface area contributed by atoms with E-state index in [-0.39, 0.29) is 16.7 Å². The first-order valence-corrected chi connectivity index (χ1v) is 12.8. The van der Waals surface area contributed by atoms with Crippen molar-refractivity contribution in [3.05, 3.63) is 53.6 Å². The number of hydrogen-bond acceptors (Lipinski definition) is 6. The molecule has 33 heavy (non-hydrogen) atoms. The maximum atomic E-state index is 13.4. The molecule has 3 aliphatic heterocycles. The van der Waals surface area contributed by atoms with Crippen LogP contribution >= 0.6 is 0 Å². The normalized spacial score (nSPS) is 20.7. The molecule has 0 radical (unpaired) electrons. The summed E-state index contributed by atoms with van der Waals surface area (Å²) in [6.07, 6.45) is 1.58. The van der Waals surface area contributed by atoms with Crippen molar-refractivity contribution in [3.8, 4) is 11.5 Å². The van der Waals surface area contributed by atoms with Crippen molar-refractivity contribution in [2.75, 3.05) is 32.8 Å². The molecule has 0 spiro atoms. The Morgan fingerprint density at radius 1 is 1.15 bits per heavy atom. The Morgan fingerprint density at radius 2 is 1.94 bits per heavy atom. The molecule has 8 nitrogen and oxygen atoms in total. The molecular formula is C24H27N3O5S. The lowest BCUT2D eigenvalue weighted by molar-refractivity contribution is -0.137. The van der Waals surface area contributed by atoms with Crippen LogP contribution in [-0.2, 0) is 21.4 Å². The maximum absolute atomic E-state index is 13.4. The second-order valence-corrected chi connectivity index (χ2v) is 10.1. The second-order valence-electron chi connectivity index (χ2n) is 8.50. The number of benzene rings is 2. The summed E-state index contributed by atoms with van der Waals surface area (Å²) in [5.41, 5.74) is 1.61. The van der Waals surface area contributed by atoms with Gasteiger partial charge in [-0.05, 0) is 49.6 Å². The number of carbonyl (C=O) groups excluding carboxylic acids is 1. The molecule has 2 aromatic rings. The van der Waals surface area contributed by atoms with Crippen LogP contribution in [0.1, 0.15) is 30.9 Å². The van der Waals surface area contributed by atoms with E-state index in [0.717, 1.165) is 24.2 Å². The van der Waals surface area contributed by atoms with Gasteiger partial charge >= 0.3 is 0 Å². The third-order valence-electron chi connectivity index (χ3n) is 6.36. The van der Waals surface area contributed by atoms with Crippen LogP contribution in [0.3, 0.4) is 0 Å². The van der Waals surface area contributed by atoms with Crippen molar-refractivity contribution < 1.29 is 22.7 Å². The van der Waals surface area contributed by atoms with E-state index in [0.29, 0.717) is 56.5 Å². The Balaban J connectivity index is 1.31. The first-order valence-electron chi connectivity index (χ1n) is 11.3. The minimum atomic E-state index is -3.68. The molecule has 9 heteroatoms. The first-order chi connectivity index (χ1) is 16.0. The summed E-state index contributed by atoms with van der Waals surface area (Å²) >= 11 is 0. The number of amidine groups is 1. The van der Waals surface area contributed by atoms with Gasteiger partial charge in [-0.3, -0.25) is 4.79 Å². The quantitative estimate of drug-likeness (QED) is 0.684. The predicted octanol–water partition coefficient (Wildman–Crippen LogP) is 2.67. The maximum Gasteiger partial charge on any atom is 0.285 e. The lowest BCUT2D eigenvalue weighted by atomic mass is 9.95. The number of piperidine rings is 1.